The van der Waals surface area contributed by atoms with Crippen molar-refractivity contribution in [3.63, 3.8) is 0 Å². The number of rotatable bonds is 5. The fourth-order valence-corrected chi connectivity index (χ4v) is 2.42. The third-order valence-electron chi connectivity index (χ3n) is 3.05. The van der Waals surface area contributed by atoms with Gasteiger partial charge in [-0.25, -0.2) is 0 Å². The van der Waals surface area contributed by atoms with Gasteiger partial charge in [-0.2, -0.15) is 0 Å². The van der Waals surface area contributed by atoms with E-state index in [1.807, 2.05) is 6.07 Å². The van der Waals surface area contributed by atoms with Gasteiger partial charge in [-0.1, -0.05) is 40.2 Å². The lowest BCUT2D eigenvalue weighted by atomic mass is 10.1. The van der Waals surface area contributed by atoms with E-state index in [4.69, 9.17) is 0 Å². The zero-order valence-corrected chi connectivity index (χ0v) is 13.3. The minimum absolute atomic E-state index is 0.0296. The van der Waals surface area contributed by atoms with E-state index in [2.05, 4.69) is 21.2 Å². The van der Waals surface area contributed by atoms with E-state index in [-0.39, 0.29) is 11.5 Å². The smallest absolute Gasteiger partial charge is 0.292 e. The van der Waals surface area contributed by atoms with E-state index in [1.165, 1.54) is 12.1 Å². The maximum Gasteiger partial charge on any atom is 0.292 e. The Kier molecular flexibility index (Phi) is 5.06. The fourth-order valence-electron chi connectivity index (χ4n) is 1.94. The molecule has 0 saturated heterocycles. The Bertz CT molecular complexity index is 757. The Balaban J connectivity index is 2.27. The highest BCUT2D eigenvalue weighted by Gasteiger charge is 2.12. The van der Waals surface area contributed by atoms with Crippen molar-refractivity contribution in [2.45, 2.75) is 0 Å². The van der Waals surface area contributed by atoms with E-state index in [0.717, 1.165) is 0 Å². The number of hydrogen-bond donors (Lipinski definition) is 1. The monoisotopic (exact) mass is 360 g/mol. The van der Waals surface area contributed by atoms with Crippen LogP contribution in [0.25, 0.3) is 6.08 Å². The van der Waals surface area contributed by atoms with Gasteiger partial charge in [0.15, 0.2) is 5.78 Å². The molecule has 0 heterocycles. The normalized spacial score (nSPS) is 10.6. The molecule has 0 radical (unpaired) electrons. The number of nitro groups is 1. The van der Waals surface area contributed by atoms with Gasteiger partial charge in [0.05, 0.1) is 4.92 Å². The summed E-state index contributed by atoms with van der Waals surface area (Å²) < 4.78 is 0.709. The Morgan fingerprint density at radius 3 is 2.64 bits per heavy atom. The van der Waals surface area contributed by atoms with Gasteiger partial charge in [-0.3, -0.25) is 14.9 Å². The number of carbonyl (C=O) groups excluding carboxylic acids is 1. The van der Waals surface area contributed by atoms with Crippen molar-refractivity contribution in [1.82, 2.24) is 0 Å². The highest BCUT2D eigenvalue weighted by atomic mass is 79.9. The van der Waals surface area contributed by atoms with Crippen LogP contribution in [0.5, 0.6) is 0 Å². The molecule has 6 heteroatoms. The number of carbonyl (C=O) groups is 1. The second kappa shape index (κ2) is 7.00. The standard InChI is InChI=1S/C16H13BrN2O3/c1-18-14-8-6-11(10-15(14)19(21)22)7-9-16(20)12-4-2-3-5-13(12)17/h2-10,18H,1H3. The summed E-state index contributed by atoms with van der Waals surface area (Å²) in [6, 6.07) is 11.8. The molecule has 0 bridgehead atoms. The van der Waals surface area contributed by atoms with E-state index >= 15 is 0 Å². The van der Waals surface area contributed by atoms with Crippen LogP contribution in [0, 0.1) is 10.1 Å². The molecule has 0 spiro atoms. The molecule has 0 aliphatic carbocycles. The van der Waals surface area contributed by atoms with Gasteiger partial charge >= 0.3 is 0 Å². The summed E-state index contributed by atoms with van der Waals surface area (Å²) in [4.78, 5) is 22.7. The molecular formula is C16H13BrN2O3. The van der Waals surface area contributed by atoms with Gasteiger partial charge in [0, 0.05) is 23.2 Å². The largest absolute Gasteiger partial charge is 0.383 e. The van der Waals surface area contributed by atoms with Gasteiger partial charge in [-0.15, -0.1) is 0 Å². The Morgan fingerprint density at radius 1 is 1.27 bits per heavy atom. The summed E-state index contributed by atoms with van der Waals surface area (Å²) >= 11 is 3.32. The first-order chi connectivity index (χ1) is 10.5. The van der Waals surface area contributed by atoms with Crippen LogP contribution in [0.2, 0.25) is 0 Å². The molecule has 0 unspecified atom stereocenters. The molecule has 112 valence electrons. The van der Waals surface area contributed by atoms with Gasteiger partial charge in [0.2, 0.25) is 0 Å². The van der Waals surface area contributed by atoms with Crippen LogP contribution in [0.1, 0.15) is 15.9 Å². The Hall–Kier alpha value is -2.47. The van der Waals surface area contributed by atoms with Crippen LogP contribution in [0.15, 0.2) is 53.0 Å². The van der Waals surface area contributed by atoms with Crippen molar-refractivity contribution >= 4 is 39.2 Å². The molecule has 1 N–H and O–H groups in total. The first-order valence-electron chi connectivity index (χ1n) is 6.46. The predicted molar refractivity (Wildman–Crippen MR) is 90.1 cm³/mol. The molecular weight excluding hydrogens is 348 g/mol. The highest BCUT2D eigenvalue weighted by molar-refractivity contribution is 9.10. The van der Waals surface area contributed by atoms with Gasteiger partial charge < -0.3 is 5.32 Å². The SMILES string of the molecule is CNc1ccc(C=CC(=O)c2ccccc2Br)cc1[N+](=O)[O-]. The maximum absolute atomic E-state index is 12.1. The van der Waals surface area contributed by atoms with Crippen molar-refractivity contribution in [1.29, 1.82) is 0 Å². The summed E-state index contributed by atoms with van der Waals surface area (Å²) in [6.07, 6.45) is 2.96. The molecule has 0 amide bonds. The topological polar surface area (TPSA) is 72.2 Å². The lowest BCUT2D eigenvalue weighted by molar-refractivity contribution is -0.383. The lowest BCUT2D eigenvalue weighted by Crippen LogP contribution is -1.97. The first kappa shape index (κ1) is 15.9. The lowest BCUT2D eigenvalue weighted by Gasteiger charge is -2.03. The molecule has 0 fully saturated rings. The maximum atomic E-state index is 12.1. The minimum Gasteiger partial charge on any atom is -0.383 e. The average molecular weight is 361 g/mol. The van der Waals surface area contributed by atoms with E-state index in [9.17, 15) is 14.9 Å². The second-order valence-corrected chi connectivity index (χ2v) is 5.32. The molecule has 0 aliphatic rings. The molecule has 2 aromatic carbocycles. The molecule has 0 aromatic heterocycles. The molecule has 0 aliphatic heterocycles. The number of benzene rings is 2. The number of allylic oxidation sites excluding steroid dienone is 1. The van der Waals surface area contributed by atoms with Crippen LogP contribution in [-0.4, -0.2) is 17.8 Å². The van der Waals surface area contributed by atoms with Gasteiger partial charge in [0.25, 0.3) is 5.69 Å². The third-order valence-corrected chi connectivity index (χ3v) is 3.75. The highest BCUT2D eigenvalue weighted by Crippen LogP contribution is 2.25. The zero-order valence-electron chi connectivity index (χ0n) is 11.7. The summed E-state index contributed by atoms with van der Waals surface area (Å²) in [7, 11) is 1.62. The minimum atomic E-state index is -0.460. The summed E-state index contributed by atoms with van der Waals surface area (Å²) in [5, 5.41) is 13.8. The molecule has 0 saturated carbocycles. The first-order valence-corrected chi connectivity index (χ1v) is 7.25. The number of nitro benzene ring substituents is 1. The van der Waals surface area contributed by atoms with Crippen LogP contribution in [0.4, 0.5) is 11.4 Å². The summed E-state index contributed by atoms with van der Waals surface area (Å²) in [5.41, 5.74) is 1.53. The number of nitrogens with zero attached hydrogens (tertiary/aromatic N) is 1. The quantitative estimate of drug-likeness (QED) is 0.373. The molecule has 2 aromatic rings. The second-order valence-electron chi connectivity index (χ2n) is 4.46. The average Bonchev–Trinajstić information content (AvgIpc) is 2.52. The summed E-state index contributed by atoms with van der Waals surface area (Å²) in [5.74, 6) is -0.173. The van der Waals surface area contributed by atoms with E-state index in [1.54, 1.807) is 43.5 Å². The molecule has 0 atom stereocenters. The predicted octanol–water partition coefficient (Wildman–Crippen LogP) is 4.30. The Labute approximate surface area is 135 Å². The molecule has 22 heavy (non-hydrogen) atoms. The fraction of sp³-hybridized carbons (Fsp3) is 0.0625. The Morgan fingerprint density at radius 2 is 2.00 bits per heavy atom. The van der Waals surface area contributed by atoms with Crippen molar-refractivity contribution in [2.24, 2.45) is 0 Å². The van der Waals surface area contributed by atoms with Gasteiger partial charge in [0.1, 0.15) is 5.69 Å². The zero-order chi connectivity index (χ0) is 16.1. The number of hydrogen-bond acceptors (Lipinski definition) is 4. The molecule has 2 rings (SSSR count). The third kappa shape index (κ3) is 3.59. The van der Waals surface area contributed by atoms with Crippen LogP contribution >= 0.6 is 15.9 Å². The van der Waals surface area contributed by atoms with E-state index < -0.39 is 4.92 Å². The number of nitrogens with one attached hydrogen (secondary N) is 1. The van der Waals surface area contributed by atoms with E-state index in [0.29, 0.717) is 21.3 Å². The number of halogens is 1. The van der Waals surface area contributed by atoms with Crippen molar-refractivity contribution in [3.8, 4) is 0 Å². The summed E-state index contributed by atoms with van der Waals surface area (Å²) in [6.45, 7) is 0. The van der Waals surface area contributed by atoms with Crippen LogP contribution in [-0.2, 0) is 0 Å². The molecule has 5 nitrogen and oxygen atoms in total. The van der Waals surface area contributed by atoms with Crippen molar-refractivity contribution in [2.75, 3.05) is 12.4 Å². The van der Waals surface area contributed by atoms with Crippen molar-refractivity contribution in [3.05, 3.63) is 74.3 Å². The van der Waals surface area contributed by atoms with Crippen LogP contribution in [0.3, 0.4) is 0 Å². The number of ketones is 1. The van der Waals surface area contributed by atoms with Crippen LogP contribution < -0.4 is 5.32 Å². The number of anilines is 1. The van der Waals surface area contributed by atoms with Crippen molar-refractivity contribution < 1.29 is 9.72 Å². The van der Waals surface area contributed by atoms with Gasteiger partial charge in [-0.05, 0) is 29.8 Å².